The number of nitrogens with zero attached hydrogens (tertiary/aromatic N) is 3. The van der Waals surface area contributed by atoms with Gasteiger partial charge in [-0.2, -0.15) is 0 Å². The largest absolute Gasteiger partial charge is 0.383 e. The second-order valence-corrected chi connectivity index (χ2v) is 6.72. The molecule has 0 aromatic carbocycles. The highest BCUT2D eigenvalue weighted by Gasteiger charge is 2.18. The van der Waals surface area contributed by atoms with E-state index < -0.39 is 0 Å². The Morgan fingerprint density at radius 1 is 1.16 bits per heavy atom. The highest BCUT2D eigenvalue weighted by molar-refractivity contribution is 7.09. The van der Waals surface area contributed by atoms with Crippen LogP contribution in [0.25, 0.3) is 0 Å². The predicted octanol–water partition coefficient (Wildman–Crippen LogP) is 3.02. The van der Waals surface area contributed by atoms with Crippen molar-refractivity contribution in [2.24, 2.45) is 0 Å². The molecule has 2 aromatic rings. The van der Waals surface area contributed by atoms with Crippen molar-refractivity contribution in [1.29, 1.82) is 0 Å². The van der Waals surface area contributed by atoms with Gasteiger partial charge in [0.1, 0.15) is 11.6 Å². The number of nitrogens with two attached hydrogens (primary N) is 1. The maximum Gasteiger partial charge on any atom is 0.130 e. The lowest BCUT2D eigenvalue weighted by molar-refractivity contribution is 0.571. The molecule has 0 aliphatic heterocycles. The molecule has 0 unspecified atom stereocenters. The average molecular weight is 276 g/mol. The van der Waals surface area contributed by atoms with Gasteiger partial charge in [0.25, 0.3) is 0 Å². The van der Waals surface area contributed by atoms with Crippen molar-refractivity contribution in [2.75, 3.05) is 5.73 Å². The maximum atomic E-state index is 5.88. The Kier molecular flexibility index (Phi) is 3.58. The van der Waals surface area contributed by atoms with Gasteiger partial charge in [0, 0.05) is 22.8 Å². The smallest absolute Gasteiger partial charge is 0.130 e. The molecular formula is C14H20N4S. The zero-order valence-corrected chi connectivity index (χ0v) is 12.9. The summed E-state index contributed by atoms with van der Waals surface area (Å²) in [6, 6.07) is 0. The lowest BCUT2D eigenvalue weighted by atomic mass is 9.93. The van der Waals surface area contributed by atoms with Crippen LogP contribution in [0.3, 0.4) is 0 Å². The molecule has 2 rings (SSSR count). The molecule has 0 saturated carbocycles. The van der Waals surface area contributed by atoms with Crippen molar-refractivity contribution in [3.8, 4) is 0 Å². The number of anilines is 1. The van der Waals surface area contributed by atoms with Gasteiger partial charge in [0.2, 0.25) is 0 Å². The molecule has 0 radical (unpaired) electrons. The van der Waals surface area contributed by atoms with Gasteiger partial charge in [0.15, 0.2) is 0 Å². The first-order valence-corrected chi connectivity index (χ1v) is 7.20. The molecule has 19 heavy (non-hydrogen) atoms. The number of nitrogen functional groups attached to an aromatic ring is 1. The van der Waals surface area contributed by atoms with Crippen molar-refractivity contribution in [3.63, 3.8) is 0 Å². The average Bonchev–Trinajstić information content (AvgIpc) is 2.73. The van der Waals surface area contributed by atoms with Crippen molar-refractivity contribution in [1.82, 2.24) is 15.0 Å². The zero-order valence-electron chi connectivity index (χ0n) is 12.1. The van der Waals surface area contributed by atoms with Gasteiger partial charge in [-0.05, 0) is 13.8 Å². The quantitative estimate of drug-likeness (QED) is 0.915. The summed E-state index contributed by atoms with van der Waals surface area (Å²) in [7, 11) is 0. The van der Waals surface area contributed by atoms with Crippen LogP contribution in [0.2, 0.25) is 0 Å². The first-order valence-electron chi connectivity index (χ1n) is 6.32. The molecule has 4 nitrogen and oxygen atoms in total. The molecule has 0 fully saturated rings. The van der Waals surface area contributed by atoms with E-state index in [0.29, 0.717) is 11.6 Å². The highest BCUT2D eigenvalue weighted by atomic mass is 32.1. The summed E-state index contributed by atoms with van der Waals surface area (Å²) >= 11 is 1.68. The Bertz CT molecular complexity index is 596. The van der Waals surface area contributed by atoms with E-state index in [0.717, 1.165) is 28.4 Å². The lowest BCUT2D eigenvalue weighted by Crippen LogP contribution is -2.11. The second kappa shape index (κ2) is 4.89. The van der Waals surface area contributed by atoms with E-state index in [1.165, 1.54) is 0 Å². The van der Waals surface area contributed by atoms with Gasteiger partial charge in [-0.15, -0.1) is 11.3 Å². The number of rotatable bonds is 2. The Morgan fingerprint density at radius 2 is 1.84 bits per heavy atom. The number of hydrogen-bond acceptors (Lipinski definition) is 5. The zero-order chi connectivity index (χ0) is 14.2. The summed E-state index contributed by atoms with van der Waals surface area (Å²) in [6.07, 6.45) is 0.722. The van der Waals surface area contributed by atoms with Crippen molar-refractivity contribution < 1.29 is 0 Å². The van der Waals surface area contributed by atoms with E-state index in [2.05, 4.69) is 36.1 Å². The molecule has 2 heterocycles. The fraction of sp³-hybridized carbons (Fsp3) is 0.500. The van der Waals surface area contributed by atoms with Gasteiger partial charge in [-0.3, -0.25) is 0 Å². The van der Waals surface area contributed by atoms with Gasteiger partial charge in [-0.1, -0.05) is 20.8 Å². The molecule has 0 saturated heterocycles. The normalized spacial score (nSPS) is 11.8. The van der Waals surface area contributed by atoms with Crippen LogP contribution in [0.5, 0.6) is 0 Å². The Hall–Kier alpha value is -1.49. The second-order valence-electron chi connectivity index (χ2n) is 5.78. The van der Waals surface area contributed by atoms with Crippen LogP contribution >= 0.6 is 11.3 Å². The van der Waals surface area contributed by atoms with Gasteiger partial charge >= 0.3 is 0 Å². The molecular weight excluding hydrogens is 256 g/mol. The van der Waals surface area contributed by atoms with Crippen LogP contribution in [-0.2, 0) is 11.8 Å². The van der Waals surface area contributed by atoms with E-state index in [1.54, 1.807) is 11.3 Å². The lowest BCUT2D eigenvalue weighted by Gasteiger charge is -2.14. The summed E-state index contributed by atoms with van der Waals surface area (Å²) < 4.78 is 0. The van der Waals surface area contributed by atoms with Crippen LogP contribution in [0.1, 0.15) is 48.6 Å². The van der Waals surface area contributed by atoms with Crippen LogP contribution < -0.4 is 5.73 Å². The fourth-order valence-corrected chi connectivity index (χ4v) is 2.79. The van der Waals surface area contributed by atoms with Crippen LogP contribution in [0.15, 0.2) is 5.38 Å². The number of aromatic nitrogens is 3. The minimum Gasteiger partial charge on any atom is -0.383 e. The molecule has 102 valence electrons. The predicted molar refractivity (Wildman–Crippen MR) is 79.5 cm³/mol. The number of hydrogen-bond donors (Lipinski definition) is 1. The third-order valence-corrected chi connectivity index (χ3v) is 3.88. The van der Waals surface area contributed by atoms with E-state index in [4.69, 9.17) is 10.7 Å². The minimum absolute atomic E-state index is 0.0877. The Labute approximate surface area is 118 Å². The van der Waals surface area contributed by atoms with Crippen molar-refractivity contribution in [3.05, 3.63) is 33.2 Å². The van der Waals surface area contributed by atoms with Crippen molar-refractivity contribution >= 4 is 17.2 Å². The first kappa shape index (κ1) is 13.9. The van der Waals surface area contributed by atoms with Crippen molar-refractivity contribution in [2.45, 2.75) is 46.5 Å². The third-order valence-electron chi connectivity index (χ3n) is 3.03. The van der Waals surface area contributed by atoms with Crippen LogP contribution in [0, 0.1) is 13.8 Å². The minimum atomic E-state index is 0.0877. The molecule has 2 N–H and O–H groups in total. The van der Waals surface area contributed by atoms with Crippen LogP contribution in [-0.4, -0.2) is 15.0 Å². The first-order chi connectivity index (χ1) is 8.77. The van der Waals surface area contributed by atoms with E-state index in [9.17, 15) is 0 Å². The summed E-state index contributed by atoms with van der Waals surface area (Å²) in [5.74, 6) is 1.28. The summed E-state index contributed by atoms with van der Waals surface area (Å²) in [5, 5.41) is 3.20. The molecule has 0 amide bonds. The summed E-state index contributed by atoms with van der Waals surface area (Å²) in [5.41, 5.74) is 9.03. The molecule has 0 aliphatic carbocycles. The SMILES string of the molecule is Cc1nc(N)c(C)c(Cc2nc(C(C)(C)C)cs2)n1. The maximum absolute atomic E-state index is 5.88. The molecule has 0 bridgehead atoms. The number of aryl methyl sites for hydroxylation is 1. The summed E-state index contributed by atoms with van der Waals surface area (Å²) in [4.78, 5) is 13.3. The highest BCUT2D eigenvalue weighted by Crippen LogP contribution is 2.25. The van der Waals surface area contributed by atoms with E-state index in [1.807, 2.05) is 13.8 Å². The standard InChI is InChI=1S/C14H20N4S/c1-8-10(16-9(2)17-13(8)15)6-12-18-11(7-19-12)14(3,4)5/h7H,6H2,1-5H3,(H2,15,16,17). The third kappa shape index (κ3) is 3.10. The summed E-state index contributed by atoms with van der Waals surface area (Å²) in [6.45, 7) is 10.3. The molecule has 0 atom stereocenters. The molecule has 5 heteroatoms. The van der Waals surface area contributed by atoms with Gasteiger partial charge < -0.3 is 5.73 Å². The van der Waals surface area contributed by atoms with Gasteiger partial charge in [-0.25, -0.2) is 15.0 Å². The Morgan fingerprint density at radius 3 is 2.42 bits per heavy atom. The molecule has 0 aliphatic rings. The number of thiazole rings is 1. The van der Waals surface area contributed by atoms with Crippen LogP contribution in [0.4, 0.5) is 5.82 Å². The van der Waals surface area contributed by atoms with E-state index in [-0.39, 0.29) is 5.41 Å². The van der Waals surface area contributed by atoms with E-state index >= 15 is 0 Å². The fourth-order valence-electron chi connectivity index (χ4n) is 1.76. The topological polar surface area (TPSA) is 64.7 Å². The monoisotopic (exact) mass is 276 g/mol. The molecule has 0 spiro atoms. The molecule has 2 aromatic heterocycles. The van der Waals surface area contributed by atoms with Gasteiger partial charge in [0.05, 0.1) is 16.4 Å². The Balaban J connectivity index is 2.29.